The molecule has 2 nitrogen and oxygen atoms in total. The number of nitriles is 1. The fourth-order valence-corrected chi connectivity index (χ4v) is 2.37. The first-order chi connectivity index (χ1) is 6.22. The van der Waals surface area contributed by atoms with Crippen LogP contribution in [0.25, 0.3) is 10.1 Å². The molecule has 0 fully saturated rings. The van der Waals surface area contributed by atoms with E-state index in [2.05, 4.69) is 6.07 Å². The van der Waals surface area contributed by atoms with E-state index >= 15 is 0 Å². The lowest BCUT2D eigenvalue weighted by Gasteiger charge is -1.92. The van der Waals surface area contributed by atoms with E-state index < -0.39 is 0 Å². The maximum Gasteiger partial charge on any atom is 0.101 e. The van der Waals surface area contributed by atoms with E-state index in [9.17, 15) is 0 Å². The van der Waals surface area contributed by atoms with Crippen LogP contribution in [0, 0.1) is 18.3 Å². The zero-order valence-electron chi connectivity index (χ0n) is 7.16. The van der Waals surface area contributed by atoms with Crippen molar-refractivity contribution >= 4 is 27.1 Å². The maximum absolute atomic E-state index is 8.91. The van der Waals surface area contributed by atoms with E-state index in [0.29, 0.717) is 5.69 Å². The summed E-state index contributed by atoms with van der Waals surface area (Å²) in [6, 6.07) is 7.88. The SMILES string of the molecule is Cc1sc2ccc(N)cc2c1C#N. The number of anilines is 1. The molecule has 2 N–H and O–H groups in total. The molecular weight excluding hydrogens is 180 g/mol. The highest BCUT2D eigenvalue weighted by Crippen LogP contribution is 2.31. The lowest BCUT2D eigenvalue weighted by Crippen LogP contribution is -1.82. The fraction of sp³-hybridized carbons (Fsp3) is 0.100. The van der Waals surface area contributed by atoms with Gasteiger partial charge in [0.2, 0.25) is 0 Å². The number of nitrogens with zero attached hydrogens (tertiary/aromatic N) is 1. The average molecular weight is 188 g/mol. The second-order valence-corrected chi connectivity index (χ2v) is 4.16. The Kier molecular flexibility index (Phi) is 1.71. The van der Waals surface area contributed by atoms with Crippen molar-refractivity contribution in [3.05, 3.63) is 28.6 Å². The van der Waals surface area contributed by atoms with Crippen molar-refractivity contribution in [1.29, 1.82) is 5.26 Å². The minimum atomic E-state index is 0.710. The van der Waals surface area contributed by atoms with E-state index in [0.717, 1.165) is 20.5 Å². The van der Waals surface area contributed by atoms with Gasteiger partial charge in [-0.3, -0.25) is 0 Å². The van der Waals surface area contributed by atoms with Gasteiger partial charge in [-0.2, -0.15) is 5.26 Å². The van der Waals surface area contributed by atoms with E-state index in [1.54, 1.807) is 11.3 Å². The highest BCUT2D eigenvalue weighted by atomic mass is 32.1. The number of thiophene rings is 1. The summed E-state index contributed by atoms with van der Waals surface area (Å²) < 4.78 is 1.13. The molecule has 64 valence electrons. The van der Waals surface area contributed by atoms with E-state index in [1.807, 2.05) is 25.1 Å². The lowest BCUT2D eigenvalue weighted by atomic mass is 10.1. The predicted octanol–water partition coefficient (Wildman–Crippen LogP) is 2.66. The summed E-state index contributed by atoms with van der Waals surface area (Å²) in [7, 11) is 0. The van der Waals surface area contributed by atoms with Crippen LogP contribution in [0.2, 0.25) is 0 Å². The van der Waals surface area contributed by atoms with Gasteiger partial charge in [-0.15, -0.1) is 11.3 Å². The highest BCUT2D eigenvalue weighted by Gasteiger charge is 2.07. The molecule has 0 amide bonds. The Morgan fingerprint density at radius 1 is 1.46 bits per heavy atom. The zero-order chi connectivity index (χ0) is 9.42. The minimum absolute atomic E-state index is 0.710. The van der Waals surface area contributed by atoms with Crippen LogP contribution in [-0.2, 0) is 0 Å². The van der Waals surface area contributed by atoms with Crippen molar-refractivity contribution < 1.29 is 0 Å². The number of hydrogen-bond donors (Lipinski definition) is 1. The van der Waals surface area contributed by atoms with Crippen molar-refractivity contribution in [2.45, 2.75) is 6.92 Å². The molecule has 1 aromatic heterocycles. The standard InChI is InChI=1S/C10H8N2S/c1-6-9(5-11)8-4-7(12)2-3-10(8)13-6/h2-4H,12H2,1H3. The number of hydrogen-bond acceptors (Lipinski definition) is 3. The number of nitrogen functional groups attached to an aromatic ring is 1. The lowest BCUT2D eigenvalue weighted by molar-refractivity contribution is 1.48. The monoisotopic (exact) mass is 188 g/mol. The zero-order valence-corrected chi connectivity index (χ0v) is 7.98. The number of aryl methyl sites for hydroxylation is 1. The quantitative estimate of drug-likeness (QED) is 0.646. The number of benzene rings is 1. The Balaban J connectivity index is 2.91. The van der Waals surface area contributed by atoms with Crippen LogP contribution in [0.4, 0.5) is 5.69 Å². The summed E-state index contributed by atoms with van der Waals surface area (Å²) in [5.41, 5.74) is 7.12. The minimum Gasteiger partial charge on any atom is -0.399 e. The summed E-state index contributed by atoms with van der Waals surface area (Å²) in [5, 5.41) is 9.89. The molecule has 0 aliphatic heterocycles. The first-order valence-electron chi connectivity index (χ1n) is 3.91. The number of fused-ring (bicyclic) bond motifs is 1. The smallest absolute Gasteiger partial charge is 0.101 e. The molecule has 0 radical (unpaired) electrons. The fourth-order valence-electron chi connectivity index (χ4n) is 1.38. The molecule has 2 rings (SSSR count). The van der Waals surface area contributed by atoms with Crippen LogP contribution in [0.1, 0.15) is 10.4 Å². The van der Waals surface area contributed by atoms with Crippen LogP contribution < -0.4 is 5.73 Å². The van der Waals surface area contributed by atoms with Crippen molar-refractivity contribution in [1.82, 2.24) is 0 Å². The Hall–Kier alpha value is -1.53. The molecule has 0 aliphatic carbocycles. The average Bonchev–Trinajstić information content (AvgIpc) is 2.40. The molecular formula is C10H8N2S. The molecule has 3 heteroatoms. The molecule has 0 atom stereocenters. The van der Waals surface area contributed by atoms with Gasteiger partial charge in [0, 0.05) is 20.7 Å². The number of nitrogens with two attached hydrogens (primary N) is 1. The van der Waals surface area contributed by atoms with Gasteiger partial charge >= 0.3 is 0 Å². The summed E-state index contributed by atoms with van der Waals surface area (Å²) in [6.07, 6.45) is 0. The third-order valence-electron chi connectivity index (χ3n) is 2.00. The second-order valence-electron chi connectivity index (χ2n) is 2.90. The summed E-state index contributed by atoms with van der Waals surface area (Å²) >= 11 is 1.63. The third-order valence-corrected chi connectivity index (χ3v) is 3.09. The summed E-state index contributed by atoms with van der Waals surface area (Å²) in [4.78, 5) is 1.06. The summed E-state index contributed by atoms with van der Waals surface area (Å²) in [6.45, 7) is 1.96. The van der Waals surface area contributed by atoms with Gasteiger partial charge in [0.25, 0.3) is 0 Å². The Labute approximate surface area is 80.2 Å². The normalized spacial score (nSPS) is 10.2. The van der Waals surface area contributed by atoms with Gasteiger partial charge in [0.15, 0.2) is 0 Å². The van der Waals surface area contributed by atoms with Crippen LogP contribution in [0.15, 0.2) is 18.2 Å². The molecule has 0 bridgehead atoms. The second kappa shape index (κ2) is 2.75. The van der Waals surface area contributed by atoms with Gasteiger partial charge < -0.3 is 5.73 Å². The molecule has 0 unspecified atom stereocenters. The molecule has 0 saturated heterocycles. The van der Waals surface area contributed by atoms with Gasteiger partial charge in [-0.25, -0.2) is 0 Å². The van der Waals surface area contributed by atoms with E-state index in [4.69, 9.17) is 11.0 Å². The molecule has 2 aromatic rings. The van der Waals surface area contributed by atoms with Crippen LogP contribution in [0.5, 0.6) is 0 Å². The van der Waals surface area contributed by atoms with Crippen LogP contribution >= 0.6 is 11.3 Å². The first-order valence-corrected chi connectivity index (χ1v) is 4.73. The van der Waals surface area contributed by atoms with Gasteiger partial charge in [-0.1, -0.05) is 0 Å². The topological polar surface area (TPSA) is 49.8 Å². The van der Waals surface area contributed by atoms with Crippen LogP contribution in [-0.4, -0.2) is 0 Å². The molecule has 13 heavy (non-hydrogen) atoms. The predicted molar refractivity (Wildman–Crippen MR) is 55.7 cm³/mol. The Morgan fingerprint density at radius 2 is 2.23 bits per heavy atom. The Morgan fingerprint density at radius 3 is 2.92 bits per heavy atom. The molecule has 0 aliphatic rings. The van der Waals surface area contributed by atoms with E-state index in [-0.39, 0.29) is 0 Å². The van der Waals surface area contributed by atoms with Gasteiger partial charge in [0.05, 0.1) is 5.56 Å². The molecule has 0 saturated carbocycles. The van der Waals surface area contributed by atoms with Crippen LogP contribution in [0.3, 0.4) is 0 Å². The largest absolute Gasteiger partial charge is 0.399 e. The van der Waals surface area contributed by atoms with Crippen molar-refractivity contribution in [2.75, 3.05) is 5.73 Å². The Bertz CT molecular complexity index is 505. The molecule has 1 heterocycles. The first kappa shape index (κ1) is 8.09. The van der Waals surface area contributed by atoms with Crippen molar-refractivity contribution in [2.24, 2.45) is 0 Å². The van der Waals surface area contributed by atoms with E-state index in [1.165, 1.54) is 0 Å². The maximum atomic E-state index is 8.91. The van der Waals surface area contributed by atoms with Gasteiger partial charge in [0.1, 0.15) is 6.07 Å². The third kappa shape index (κ3) is 1.16. The van der Waals surface area contributed by atoms with Gasteiger partial charge in [-0.05, 0) is 25.1 Å². The van der Waals surface area contributed by atoms with Crippen molar-refractivity contribution in [3.63, 3.8) is 0 Å². The highest BCUT2D eigenvalue weighted by molar-refractivity contribution is 7.19. The number of rotatable bonds is 0. The molecule has 0 spiro atoms. The summed E-state index contributed by atoms with van der Waals surface area (Å²) in [5.74, 6) is 0. The van der Waals surface area contributed by atoms with Crippen molar-refractivity contribution in [3.8, 4) is 6.07 Å². The molecule has 1 aromatic carbocycles.